The van der Waals surface area contributed by atoms with Crippen LogP contribution in [0.25, 0.3) is 11.6 Å². The van der Waals surface area contributed by atoms with Crippen molar-refractivity contribution in [3.63, 3.8) is 0 Å². The largest absolute Gasteiger partial charge is 0.383 e. The van der Waals surface area contributed by atoms with Crippen LogP contribution < -0.4 is 5.32 Å². The zero-order valence-corrected chi connectivity index (χ0v) is 13.2. The minimum absolute atomic E-state index is 0.689. The summed E-state index contributed by atoms with van der Waals surface area (Å²) in [6.07, 6.45) is 4.58. The van der Waals surface area contributed by atoms with Crippen LogP contribution in [-0.2, 0) is 18.2 Å². The number of ether oxygens (including phenoxy) is 1. The van der Waals surface area contributed by atoms with Crippen molar-refractivity contribution < 1.29 is 4.74 Å². The molecule has 2 heterocycles. The van der Waals surface area contributed by atoms with E-state index in [0.29, 0.717) is 5.82 Å². The summed E-state index contributed by atoms with van der Waals surface area (Å²) in [4.78, 5) is 13.5. The van der Waals surface area contributed by atoms with Crippen LogP contribution in [0.15, 0.2) is 12.4 Å². The van der Waals surface area contributed by atoms with E-state index in [9.17, 15) is 0 Å². The molecule has 0 radical (unpaired) electrons. The topological polar surface area (TPSA) is 64.9 Å². The lowest BCUT2D eigenvalue weighted by Gasteiger charge is -2.11. The zero-order valence-electron chi connectivity index (χ0n) is 13.2. The number of nitrogens with one attached hydrogen (secondary N) is 1. The SMILES string of the molecule is COCCNCCc1c(C)nc(-c2nccn2C)nc1C. The highest BCUT2D eigenvalue weighted by molar-refractivity contribution is 5.46. The first-order valence-corrected chi connectivity index (χ1v) is 7.15. The van der Waals surface area contributed by atoms with Crippen molar-refractivity contribution >= 4 is 0 Å². The molecule has 6 heteroatoms. The van der Waals surface area contributed by atoms with Gasteiger partial charge in [0, 0.05) is 44.5 Å². The van der Waals surface area contributed by atoms with E-state index < -0.39 is 0 Å². The number of aryl methyl sites for hydroxylation is 3. The molecule has 0 unspecified atom stereocenters. The Morgan fingerprint density at radius 3 is 2.48 bits per heavy atom. The number of hydrogen-bond acceptors (Lipinski definition) is 5. The van der Waals surface area contributed by atoms with E-state index in [1.165, 1.54) is 5.56 Å². The molecule has 2 aromatic heterocycles. The fraction of sp³-hybridized carbons (Fsp3) is 0.533. The minimum Gasteiger partial charge on any atom is -0.383 e. The first-order chi connectivity index (χ1) is 10.1. The average molecular weight is 289 g/mol. The highest BCUT2D eigenvalue weighted by Crippen LogP contribution is 2.17. The molecule has 2 rings (SSSR count). The van der Waals surface area contributed by atoms with E-state index in [2.05, 4.69) is 20.3 Å². The van der Waals surface area contributed by atoms with Crippen LogP contribution >= 0.6 is 0 Å². The molecule has 0 amide bonds. The third-order valence-electron chi connectivity index (χ3n) is 3.48. The smallest absolute Gasteiger partial charge is 0.196 e. The Hall–Kier alpha value is -1.79. The number of aromatic nitrogens is 4. The Labute approximate surface area is 125 Å². The van der Waals surface area contributed by atoms with Crippen LogP contribution in [0.5, 0.6) is 0 Å². The van der Waals surface area contributed by atoms with Gasteiger partial charge in [-0.1, -0.05) is 0 Å². The van der Waals surface area contributed by atoms with Gasteiger partial charge in [-0.2, -0.15) is 0 Å². The molecule has 0 aromatic carbocycles. The van der Waals surface area contributed by atoms with Crippen LogP contribution in [-0.4, -0.2) is 46.3 Å². The summed E-state index contributed by atoms with van der Waals surface area (Å²) in [6.45, 7) is 6.56. The maximum absolute atomic E-state index is 5.01. The highest BCUT2D eigenvalue weighted by atomic mass is 16.5. The van der Waals surface area contributed by atoms with Crippen LogP contribution in [0.4, 0.5) is 0 Å². The lowest BCUT2D eigenvalue weighted by molar-refractivity contribution is 0.199. The first kappa shape index (κ1) is 15.6. The summed E-state index contributed by atoms with van der Waals surface area (Å²) in [5, 5.41) is 3.34. The summed E-state index contributed by atoms with van der Waals surface area (Å²) in [5.74, 6) is 1.49. The van der Waals surface area contributed by atoms with E-state index in [1.807, 2.05) is 31.7 Å². The standard InChI is InChI=1S/C15H23N5O/c1-11-13(5-6-16-8-10-21-4)12(2)19-14(18-11)15-17-7-9-20(15)3/h7,9,16H,5-6,8,10H2,1-4H3. The zero-order chi connectivity index (χ0) is 15.2. The van der Waals surface area contributed by atoms with Crippen molar-refractivity contribution in [1.82, 2.24) is 24.8 Å². The first-order valence-electron chi connectivity index (χ1n) is 7.15. The van der Waals surface area contributed by atoms with Crippen LogP contribution in [0, 0.1) is 13.8 Å². The molecule has 1 N–H and O–H groups in total. The van der Waals surface area contributed by atoms with Gasteiger partial charge in [-0.15, -0.1) is 0 Å². The number of rotatable bonds is 7. The maximum Gasteiger partial charge on any atom is 0.196 e. The van der Waals surface area contributed by atoms with Gasteiger partial charge in [-0.3, -0.25) is 0 Å². The Bertz CT molecular complexity index is 570. The van der Waals surface area contributed by atoms with Crippen molar-refractivity contribution in [2.24, 2.45) is 7.05 Å². The quantitative estimate of drug-likeness (QED) is 0.778. The summed E-state index contributed by atoms with van der Waals surface area (Å²) in [6, 6.07) is 0. The molecule has 0 aliphatic rings. The van der Waals surface area contributed by atoms with Crippen molar-refractivity contribution in [2.45, 2.75) is 20.3 Å². The fourth-order valence-corrected chi connectivity index (χ4v) is 2.29. The molecule has 0 saturated carbocycles. The molecule has 0 saturated heterocycles. The molecule has 114 valence electrons. The Morgan fingerprint density at radius 1 is 1.19 bits per heavy atom. The van der Waals surface area contributed by atoms with Gasteiger partial charge < -0.3 is 14.6 Å². The van der Waals surface area contributed by atoms with Gasteiger partial charge in [0.25, 0.3) is 0 Å². The predicted octanol–water partition coefficient (Wildman–Crippen LogP) is 1.27. The van der Waals surface area contributed by atoms with Gasteiger partial charge in [0.2, 0.25) is 0 Å². The minimum atomic E-state index is 0.689. The average Bonchev–Trinajstić information content (AvgIpc) is 2.87. The number of imidazole rings is 1. The van der Waals surface area contributed by atoms with Crippen molar-refractivity contribution in [3.8, 4) is 11.6 Å². The third kappa shape index (κ3) is 3.86. The van der Waals surface area contributed by atoms with Crippen LogP contribution in [0.1, 0.15) is 17.0 Å². The van der Waals surface area contributed by atoms with Gasteiger partial charge >= 0.3 is 0 Å². The summed E-state index contributed by atoms with van der Waals surface area (Å²) in [5.41, 5.74) is 3.25. The Balaban J connectivity index is 2.09. The van der Waals surface area contributed by atoms with E-state index >= 15 is 0 Å². The van der Waals surface area contributed by atoms with Gasteiger partial charge in [0.15, 0.2) is 11.6 Å². The maximum atomic E-state index is 5.01. The second kappa shape index (κ2) is 7.28. The lowest BCUT2D eigenvalue weighted by Crippen LogP contribution is -2.22. The summed E-state index contributed by atoms with van der Waals surface area (Å²) >= 11 is 0. The van der Waals surface area contributed by atoms with Gasteiger partial charge in [-0.25, -0.2) is 15.0 Å². The van der Waals surface area contributed by atoms with Gasteiger partial charge in [0.1, 0.15) is 0 Å². The Kier molecular flexibility index (Phi) is 5.41. The number of hydrogen-bond donors (Lipinski definition) is 1. The van der Waals surface area contributed by atoms with E-state index in [1.54, 1.807) is 13.3 Å². The van der Waals surface area contributed by atoms with E-state index in [4.69, 9.17) is 4.74 Å². The molecule has 0 aliphatic carbocycles. The monoisotopic (exact) mass is 289 g/mol. The molecule has 0 fully saturated rings. The van der Waals surface area contributed by atoms with Crippen LogP contribution in [0.2, 0.25) is 0 Å². The molecule has 0 aliphatic heterocycles. The normalized spacial score (nSPS) is 11.0. The van der Waals surface area contributed by atoms with Crippen LogP contribution in [0.3, 0.4) is 0 Å². The molecular formula is C15H23N5O. The number of nitrogens with zero attached hydrogens (tertiary/aromatic N) is 4. The van der Waals surface area contributed by atoms with E-state index in [-0.39, 0.29) is 0 Å². The highest BCUT2D eigenvalue weighted by Gasteiger charge is 2.12. The van der Waals surface area contributed by atoms with Gasteiger partial charge in [0.05, 0.1) is 6.61 Å². The molecule has 6 nitrogen and oxygen atoms in total. The van der Waals surface area contributed by atoms with Crippen molar-refractivity contribution in [3.05, 3.63) is 29.3 Å². The fourth-order valence-electron chi connectivity index (χ4n) is 2.29. The molecule has 0 bridgehead atoms. The van der Waals surface area contributed by atoms with Gasteiger partial charge in [-0.05, 0) is 32.4 Å². The molecular weight excluding hydrogens is 266 g/mol. The third-order valence-corrected chi connectivity index (χ3v) is 3.48. The number of methoxy groups -OCH3 is 1. The summed E-state index contributed by atoms with van der Waals surface area (Å²) < 4.78 is 6.94. The summed E-state index contributed by atoms with van der Waals surface area (Å²) in [7, 11) is 3.66. The Morgan fingerprint density at radius 2 is 1.90 bits per heavy atom. The second-order valence-corrected chi connectivity index (χ2v) is 5.05. The van der Waals surface area contributed by atoms with E-state index in [0.717, 1.165) is 43.3 Å². The molecule has 0 atom stereocenters. The molecule has 0 spiro atoms. The lowest BCUT2D eigenvalue weighted by atomic mass is 10.1. The predicted molar refractivity (Wildman–Crippen MR) is 82.2 cm³/mol. The second-order valence-electron chi connectivity index (χ2n) is 5.05. The molecule has 2 aromatic rings. The van der Waals surface area contributed by atoms with Crippen molar-refractivity contribution in [1.29, 1.82) is 0 Å². The molecule has 21 heavy (non-hydrogen) atoms. The van der Waals surface area contributed by atoms with Crippen molar-refractivity contribution in [2.75, 3.05) is 26.8 Å².